The van der Waals surface area contributed by atoms with Crippen LogP contribution in [0.3, 0.4) is 0 Å². The van der Waals surface area contributed by atoms with Gasteiger partial charge in [-0.2, -0.15) is 0 Å². The molecule has 1 aliphatic rings. The van der Waals surface area contributed by atoms with Gasteiger partial charge in [-0.05, 0) is 31.7 Å². The summed E-state index contributed by atoms with van der Waals surface area (Å²) in [5.41, 5.74) is 2.72. The van der Waals surface area contributed by atoms with Crippen molar-refractivity contribution in [3.05, 3.63) is 28.2 Å². The lowest BCUT2D eigenvalue weighted by molar-refractivity contribution is 0.312. The highest BCUT2D eigenvalue weighted by Crippen LogP contribution is 2.27. The molecule has 1 aliphatic heterocycles. The summed E-state index contributed by atoms with van der Waals surface area (Å²) in [6.07, 6.45) is 0. The summed E-state index contributed by atoms with van der Waals surface area (Å²) in [4.78, 5) is 4.85. The number of piperazine rings is 1. The van der Waals surface area contributed by atoms with E-state index in [1.165, 1.54) is 15.7 Å². The summed E-state index contributed by atoms with van der Waals surface area (Å²) in [5.74, 6) is 0. The van der Waals surface area contributed by atoms with Crippen molar-refractivity contribution in [3.63, 3.8) is 0 Å². The highest BCUT2D eigenvalue weighted by Gasteiger charge is 2.16. The third-order valence-electron chi connectivity index (χ3n) is 3.08. The second-order valence-corrected chi connectivity index (χ2v) is 5.03. The Kier molecular flexibility index (Phi) is 3.32. The van der Waals surface area contributed by atoms with E-state index >= 15 is 0 Å². The molecule has 0 atom stereocenters. The number of nitrogens with zero attached hydrogens (tertiary/aromatic N) is 2. The quantitative estimate of drug-likeness (QED) is 0.773. The van der Waals surface area contributed by atoms with Crippen LogP contribution in [-0.2, 0) is 0 Å². The van der Waals surface area contributed by atoms with Gasteiger partial charge in [0.15, 0.2) is 0 Å². The van der Waals surface area contributed by atoms with Crippen molar-refractivity contribution in [2.45, 2.75) is 6.92 Å². The molecule has 1 aromatic carbocycles. The molecule has 1 heterocycles. The molecule has 82 valence electrons. The van der Waals surface area contributed by atoms with Gasteiger partial charge in [0.1, 0.15) is 0 Å². The molecule has 0 radical (unpaired) electrons. The van der Waals surface area contributed by atoms with Crippen LogP contribution < -0.4 is 4.90 Å². The SMILES string of the molecule is Cc1c(Br)cccc1N1CCN(C)CC1. The lowest BCUT2D eigenvalue weighted by Gasteiger charge is -2.35. The molecule has 2 nitrogen and oxygen atoms in total. The maximum absolute atomic E-state index is 3.59. The lowest BCUT2D eigenvalue weighted by Crippen LogP contribution is -2.44. The summed E-state index contributed by atoms with van der Waals surface area (Å²) in [7, 11) is 2.19. The molecule has 0 unspecified atom stereocenters. The summed E-state index contributed by atoms with van der Waals surface area (Å²) in [6.45, 7) is 6.76. The number of hydrogen-bond acceptors (Lipinski definition) is 2. The molecule has 2 rings (SSSR count). The minimum Gasteiger partial charge on any atom is -0.369 e. The molecule has 1 aromatic rings. The molecule has 0 amide bonds. The van der Waals surface area contributed by atoms with Gasteiger partial charge in [-0.25, -0.2) is 0 Å². The Balaban J connectivity index is 2.19. The Bertz CT molecular complexity index is 343. The molecule has 1 fully saturated rings. The first-order chi connectivity index (χ1) is 7.18. The zero-order valence-corrected chi connectivity index (χ0v) is 10.9. The molecule has 0 saturated carbocycles. The summed E-state index contributed by atoms with van der Waals surface area (Å²) < 4.78 is 1.21. The van der Waals surface area contributed by atoms with Gasteiger partial charge in [0.25, 0.3) is 0 Å². The highest BCUT2D eigenvalue weighted by atomic mass is 79.9. The fraction of sp³-hybridized carbons (Fsp3) is 0.500. The van der Waals surface area contributed by atoms with Gasteiger partial charge in [-0.1, -0.05) is 22.0 Å². The van der Waals surface area contributed by atoms with E-state index in [4.69, 9.17) is 0 Å². The molecular formula is C12H17BrN2. The number of anilines is 1. The molecule has 15 heavy (non-hydrogen) atoms. The minimum atomic E-state index is 1.13. The molecule has 0 N–H and O–H groups in total. The van der Waals surface area contributed by atoms with Crippen LogP contribution in [0, 0.1) is 6.92 Å². The van der Waals surface area contributed by atoms with Crippen molar-refractivity contribution in [1.82, 2.24) is 4.90 Å². The normalized spacial score (nSPS) is 18.2. The van der Waals surface area contributed by atoms with Crippen molar-refractivity contribution >= 4 is 21.6 Å². The van der Waals surface area contributed by atoms with Gasteiger partial charge in [0, 0.05) is 36.3 Å². The van der Waals surface area contributed by atoms with E-state index in [0.29, 0.717) is 0 Å². The van der Waals surface area contributed by atoms with Gasteiger partial charge in [0.2, 0.25) is 0 Å². The number of benzene rings is 1. The predicted molar refractivity (Wildman–Crippen MR) is 68.6 cm³/mol. The van der Waals surface area contributed by atoms with Gasteiger partial charge >= 0.3 is 0 Å². The van der Waals surface area contributed by atoms with Crippen LogP contribution in [0.4, 0.5) is 5.69 Å². The molecule has 0 aliphatic carbocycles. The van der Waals surface area contributed by atoms with Crippen molar-refractivity contribution in [2.75, 3.05) is 38.1 Å². The first-order valence-corrected chi connectivity index (χ1v) is 6.16. The van der Waals surface area contributed by atoms with Crippen molar-refractivity contribution in [3.8, 4) is 0 Å². The van der Waals surface area contributed by atoms with Gasteiger partial charge in [-0.15, -0.1) is 0 Å². The average Bonchev–Trinajstić information content (AvgIpc) is 2.24. The van der Waals surface area contributed by atoms with E-state index in [9.17, 15) is 0 Å². The second kappa shape index (κ2) is 4.54. The molecule has 0 aromatic heterocycles. The van der Waals surface area contributed by atoms with E-state index in [2.05, 4.69) is 57.9 Å². The van der Waals surface area contributed by atoms with Crippen molar-refractivity contribution in [2.24, 2.45) is 0 Å². The van der Waals surface area contributed by atoms with Crippen molar-refractivity contribution < 1.29 is 0 Å². The zero-order valence-electron chi connectivity index (χ0n) is 9.33. The minimum absolute atomic E-state index is 1.13. The molecule has 1 saturated heterocycles. The van der Waals surface area contributed by atoms with E-state index in [0.717, 1.165) is 26.2 Å². The third kappa shape index (κ3) is 2.34. The Morgan fingerprint density at radius 2 is 1.80 bits per heavy atom. The molecule has 0 bridgehead atoms. The molecule has 0 spiro atoms. The monoisotopic (exact) mass is 268 g/mol. The van der Waals surface area contributed by atoms with E-state index in [-0.39, 0.29) is 0 Å². The average molecular weight is 269 g/mol. The van der Waals surface area contributed by atoms with Crippen molar-refractivity contribution in [1.29, 1.82) is 0 Å². The van der Waals surface area contributed by atoms with E-state index in [1.807, 2.05) is 0 Å². The summed E-state index contributed by atoms with van der Waals surface area (Å²) >= 11 is 3.59. The molecule has 3 heteroatoms. The summed E-state index contributed by atoms with van der Waals surface area (Å²) in [5, 5.41) is 0. The maximum atomic E-state index is 3.59. The fourth-order valence-corrected chi connectivity index (χ4v) is 2.34. The number of hydrogen-bond donors (Lipinski definition) is 0. The highest BCUT2D eigenvalue weighted by molar-refractivity contribution is 9.10. The third-order valence-corrected chi connectivity index (χ3v) is 3.94. The van der Waals surface area contributed by atoms with Crippen LogP contribution in [-0.4, -0.2) is 38.1 Å². The first-order valence-electron chi connectivity index (χ1n) is 5.37. The van der Waals surface area contributed by atoms with Gasteiger partial charge in [0.05, 0.1) is 0 Å². The van der Waals surface area contributed by atoms with Crippen LogP contribution >= 0.6 is 15.9 Å². The zero-order chi connectivity index (χ0) is 10.8. The molecular weight excluding hydrogens is 252 g/mol. The predicted octanol–water partition coefficient (Wildman–Crippen LogP) is 2.51. The summed E-state index contributed by atoms with van der Waals surface area (Å²) in [6, 6.07) is 6.44. The number of likely N-dealkylation sites (N-methyl/N-ethyl adjacent to an activating group) is 1. The Morgan fingerprint density at radius 3 is 2.47 bits per heavy atom. The standard InChI is InChI=1S/C12H17BrN2/c1-10-11(13)4-3-5-12(10)15-8-6-14(2)7-9-15/h3-5H,6-9H2,1-2H3. The fourth-order valence-electron chi connectivity index (χ4n) is 1.99. The van der Waals surface area contributed by atoms with Crippen LogP contribution in [0.5, 0.6) is 0 Å². The Morgan fingerprint density at radius 1 is 1.13 bits per heavy atom. The van der Waals surface area contributed by atoms with E-state index in [1.54, 1.807) is 0 Å². The maximum Gasteiger partial charge on any atom is 0.0408 e. The van der Waals surface area contributed by atoms with Gasteiger partial charge in [-0.3, -0.25) is 0 Å². The Hall–Kier alpha value is -0.540. The largest absolute Gasteiger partial charge is 0.369 e. The van der Waals surface area contributed by atoms with E-state index < -0.39 is 0 Å². The topological polar surface area (TPSA) is 6.48 Å². The van der Waals surface area contributed by atoms with Crippen LogP contribution in [0.25, 0.3) is 0 Å². The van der Waals surface area contributed by atoms with Gasteiger partial charge < -0.3 is 9.80 Å². The smallest absolute Gasteiger partial charge is 0.0408 e. The number of rotatable bonds is 1. The van der Waals surface area contributed by atoms with Crippen LogP contribution in [0.2, 0.25) is 0 Å². The van der Waals surface area contributed by atoms with Crippen LogP contribution in [0.15, 0.2) is 22.7 Å². The number of halogens is 1. The van der Waals surface area contributed by atoms with Crippen LogP contribution in [0.1, 0.15) is 5.56 Å². The second-order valence-electron chi connectivity index (χ2n) is 4.17. The Labute approximate surface area is 100 Å². The first kappa shape index (κ1) is 11.0. The lowest BCUT2D eigenvalue weighted by atomic mass is 10.1.